The summed E-state index contributed by atoms with van der Waals surface area (Å²) in [6, 6.07) is 0.932. The fourth-order valence-corrected chi connectivity index (χ4v) is 2.37. The summed E-state index contributed by atoms with van der Waals surface area (Å²) >= 11 is 0. The zero-order valence-corrected chi connectivity index (χ0v) is 11.8. The van der Waals surface area contributed by atoms with E-state index in [1.165, 1.54) is 0 Å². The number of hydrogen-bond acceptors (Lipinski definition) is 3. The third-order valence-corrected chi connectivity index (χ3v) is 3.36. The zero-order chi connectivity index (χ0) is 13.3. The standard InChI is InChI=1S/C13H29N3O/c1-5-11(6-2)16(8-9-17-4)12(7-3)10-13(14)15/h11-12H,5-10H2,1-4H3,(H3,14,15). The van der Waals surface area contributed by atoms with Gasteiger partial charge in [-0.25, -0.2) is 0 Å². The molecule has 0 bridgehead atoms. The number of ether oxygens (including phenoxy) is 1. The SMILES string of the molecule is CCC(CC)N(CCOC)C(CC)CC(=N)N. The Hall–Kier alpha value is -0.610. The molecule has 1 atom stereocenters. The highest BCUT2D eigenvalue weighted by Crippen LogP contribution is 2.17. The molecule has 17 heavy (non-hydrogen) atoms. The van der Waals surface area contributed by atoms with Gasteiger partial charge in [-0.1, -0.05) is 20.8 Å². The van der Waals surface area contributed by atoms with Crippen LogP contribution in [0, 0.1) is 5.41 Å². The van der Waals surface area contributed by atoms with Crippen LogP contribution in [0.25, 0.3) is 0 Å². The largest absolute Gasteiger partial charge is 0.388 e. The van der Waals surface area contributed by atoms with Crippen LogP contribution in [-0.4, -0.2) is 43.1 Å². The molecule has 0 saturated heterocycles. The number of amidine groups is 1. The molecule has 0 amide bonds. The Labute approximate surface area is 106 Å². The molecule has 0 aliphatic heterocycles. The minimum absolute atomic E-state index is 0.283. The maximum absolute atomic E-state index is 7.47. The summed E-state index contributed by atoms with van der Waals surface area (Å²) in [6.07, 6.45) is 3.96. The van der Waals surface area contributed by atoms with Gasteiger partial charge in [-0.15, -0.1) is 0 Å². The topological polar surface area (TPSA) is 62.3 Å². The second kappa shape index (κ2) is 9.42. The van der Waals surface area contributed by atoms with Crippen molar-refractivity contribution in [1.29, 1.82) is 5.41 Å². The van der Waals surface area contributed by atoms with Gasteiger partial charge in [-0.2, -0.15) is 0 Å². The molecule has 0 aromatic rings. The lowest BCUT2D eigenvalue weighted by Gasteiger charge is -2.37. The van der Waals surface area contributed by atoms with E-state index in [2.05, 4.69) is 25.7 Å². The molecule has 0 rings (SSSR count). The Balaban J connectivity index is 4.64. The van der Waals surface area contributed by atoms with Gasteiger partial charge in [0.15, 0.2) is 0 Å². The summed E-state index contributed by atoms with van der Waals surface area (Å²) in [5.41, 5.74) is 5.54. The maximum Gasteiger partial charge on any atom is 0.0921 e. The number of methoxy groups -OCH3 is 1. The molecule has 1 unspecified atom stereocenters. The average molecular weight is 243 g/mol. The van der Waals surface area contributed by atoms with Crippen molar-refractivity contribution < 1.29 is 4.74 Å². The van der Waals surface area contributed by atoms with Crippen molar-refractivity contribution in [3.8, 4) is 0 Å². The monoisotopic (exact) mass is 243 g/mol. The first-order valence-corrected chi connectivity index (χ1v) is 6.68. The van der Waals surface area contributed by atoms with E-state index in [0.29, 0.717) is 18.5 Å². The quantitative estimate of drug-likeness (QED) is 0.457. The number of nitrogens with two attached hydrogens (primary N) is 1. The van der Waals surface area contributed by atoms with Gasteiger partial charge in [0.05, 0.1) is 12.4 Å². The van der Waals surface area contributed by atoms with E-state index in [0.717, 1.165) is 32.4 Å². The molecule has 0 aliphatic carbocycles. The second-order valence-electron chi connectivity index (χ2n) is 4.49. The van der Waals surface area contributed by atoms with Crippen molar-refractivity contribution in [3.63, 3.8) is 0 Å². The first kappa shape index (κ1) is 16.4. The molecule has 0 saturated carbocycles. The van der Waals surface area contributed by atoms with Crippen molar-refractivity contribution in [2.45, 2.75) is 58.5 Å². The van der Waals surface area contributed by atoms with Crippen LogP contribution in [0.15, 0.2) is 0 Å². The molecule has 102 valence electrons. The second-order valence-corrected chi connectivity index (χ2v) is 4.49. The predicted octanol–water partition coefficient (Wildman–Crippen LogP) is 2.23. The first-order chi connectivity index (χ1) is 8.10. The van der Waals surface area contributed by atoms with Gasteiger partial charge in [0.2, 0.25) is 0 Å². The highest BCUT2D eigenvalue weighted by molar-refractivity contribution is 5.77. The van der Waals surface area contributed by atoms with Crippen molar-refractivity contribution in [3.05, 3.63) is 0 Å². The Kier molecular flexibility index (Phi) is 9.09. The molecule has 0 aromatic heterocycles. The van der Waals surface area contributed by atoms with Crippen LogP contribution < -0.4 is 5.73 Å². The van der Waals surface area contributed by atoms with E-state index in [-0.39, 0.29) is 5.84 Å². The van der Waals surface area contributed by atoms with E-state index in [1.54, 1.807) is 7.11 Å². The Morgan fingerprint density at radius 1 is 1.18 bits per heavy atom. The summed E-state index contributed by atoms with van der Waals surface area (Å²) in [4.78, 5) is 2.46. The summed E-state index contributed by atoms with van der Waals surface area (Å²) in [7, 11) is 1.73. The molecule has 0 heterocycles. The van der Waals surface area contributed by atoms with E-state index in [4.69, 9.17) is 15.9 Å². The fraction of sp³-hybridized carbons (Fsp3) is 0.923. The lowest BCUT2D eigenvalue weighted by atomic mass is 10.0. The van der Waals surface area contributed by atoms with E-state index >= 15 is 0 Å². The molecule has 0 aliphatic rings. The lowest BCUT2D eigenvalue weighted by molar-refractivity contribution is 0.0797. The number of rotatable bonds is 10. The van der Waals surface area contributed by atoms with Crippen LogP contribution in [0.5, 0.6) is 0 Å². The number of nitrogens with zero attached hydrogens (tertiary/aromatic N) is 1. The summed E-state index contributed by atoms with van der Waals surface area (Å²) in [5, 5.41) is 7.47. The van der Waals surface area contributed by atoms with Gasteiger partial charge in [0, 0.05) is 32.2 Å². The third kappa shape index (κ3) is 6.03. The molecule has 4 heteroatoms. The van der Waals surface area contributed by atoms with Crippen LogP contribution in [0.2, 0.25) is 0 Å². The van der Waals surface area contributed by atoms with Gasteiger partial charge >= 0.3 is 0 Å². The van der Waals surface area contributed by atoms with Crippen LogP contribution in [-0.2, 0) is 4.74 Å². The van der Waals surface area contributed by atoms with Crippen molar-refractivity contribution in [1.82, 2.24) is 4.90 Å². The average Bonchev–Trinajstić information content (AvgIpc) is 2.31. The van der Waals surface area contributed by atoms with Crippen molar-refractivity contribution in [2.24, 2.45) is 5.73 Å². The van der Waals surface area contributed by atoms with Gasteiger partial charge in [0.25, 0.3) is 0 Å². The number of hydrogen-bond donors (Lipinski definition) is 2. The van der Waals surface area contributed by atoms with Crippen LogP contribution >= 0.6 is 0 Å². The van der Waals surface area contributed by atoms with E-state index in [1.807, 2.05) is 0 Å². The van der Waals surface area contributed by atoms with Crippen LogP contribution in [0.3, 0.4) is 0 Å². The smallest absolute Gasteiger partial charge is 0.0921 e. The third-order valence-electron chi connectivity index (χ3n) is 3.36. The molecule has 0 spiro atoms. The Morgan fingerprint density at radius 2 is 1.71 bits per heavy atom. The fourth-order valence-electron chi connectivity index (χ4n) is 2.37. The highest BCUT2D eigenvalue weighted by atomic mass is 16.5. The predicted molar refractivity (Wildman–Crippen MR) is 73.6 cm³/mol. The number of nitrogens with one attached hydrogen (secondary N) is 1. The molecule has 0 aromatic carbocycles. The zero-order valence-electron chi connectivity index (χ0n) is 11.8. The van der Waals surface area contributed by atoms with Crippen LogP contribution in [0.1, 0.15) is 46.5 Å². The normalized spacial score (nSPS) is 13.3. The summed E-state index contributed by atoms with van der Waals surface area (Å²) < 4.78 is 5.18. The minimum atomic E-state index is 0.283. The highest BCUT2D eigenvalue weighted by Gasteiger charge is 2.23. The Bertz CT molecular complexity index is 205. The van der Waals surface area contributed by atoms with E-state index < -0.39 is 0 Å². The minimum Gasteiger partial charge on any atom is -0.388 e. The van der Waals surface area contributed by atoms with Gasteiger partial charge in [-0.05, 0) is 19.3 Å². The molecular weight excluding hydrogens is 214 g/mol. The van der Waals surface area contributed by atoms with Gasteiger partial charge < -0.3 is 10.5 Å². The molecule has 0 fully saturated rings. The molecule has 3 N–H and O–H groups in total. The molecular formula is C13H29N3O. The van der Waals surface area contributed by atoms with E-state index in [9.17, 15) is 0 Å². The van der Waals surface area contributed by atoms with Crippen LogP contribution in [0.4, 0.5) is 0 Å². The summed E-state index contributed by atoms with van der Waals surface area (Å²) in [5.74, 6) is 0.283. The Morgan fingerprint density at radius 3 is 2.06 bits per heavy atom. The van der Waals surface area contributed by atoms with Gasteiger partial charge in [0.1, 0.15) is 0 Å². The maximum atomic E-state index is 7.47. The first-order valence-electron chi connectivity index (χ1n) is 6.68. The van der Waals surface area contributed by atoms with Gasteiger partial charge in [-0.3, -0.25) is 10.3 Å². The summed E-state index contributed by atoms with van der Waals surface area (Å²) in [6.45, 7) is 8.26. The molecule has 4 nitrogen and oxygen atoms in total. The lowest BCUT2D eigenvalue weighted by Crippen LogP contribution is -2.45. The van der Waals surface area contributed by atoms with Crippen molar-refractivity contribution >= 4 is 5.84 Å². The molecule has 0 radical (unpaired) electrons. The van der Waals surface area contributed by atoms with Crippen molar-refractivity contribution in [2.75, 3.05) is 20.3 Å².